The van der Waals surface area contributed by atoms with Crippen molar-refractivity contribution in [3.8, 4) is 0 Å². The van der Waals surface area contributed by atoms with Crippen molar-refractivity contribution in [2.45, 2.75) is 26.0 Å². The van der Waals surface area contributed by atoms with Crippen LogP contribution in [0.3, 0.4) is 0 Å². The molecule has 4 rings (SSSR count). The third-order valence-electron chi connectivity index (χ3n) is 5.22. The molecule has 0 unspecified atom stereocenters. The van der Waals surface area contributed by atoms with Crippen LogP contribution >= 0.6 is 15.9 Å². The van der Waals surface area contributed by atoms with Gasteiger partial charge in [0.05, 0.1) is 13.1 Å². The van der Waals surface area contributed by atoms with Crippen molar-refractivity contribution in [2.24, 2.45) is 0 Å². The molecule has 4 nitrogen and oxygen atoms in total. The minimum absolute atomic E-state index is 0.115. The van der Waals surface area contributed by atoms with Gasteiger partial charge in [0.2, 0.25) is 0 Å². The molecule has 0 saturated carbocycles. The number of rotatable bonds is 4. The number of hydrogen-bond donors (Lipinski definition) is 1. The molecule has 1 aliphatic heterocycles. The van der Waals surface area contributed by atoms with E-state index in [0.717, 1.165) is 41.5 Å². The number of H-pyrrole nitrogens is 1. The number of hydrogen-bond acceptors (Lipinski definition) is 2. The van der Waals surface area contributed by atoms with Crippen LogP contribution in [0.2, 0.25) is 0 Å². The van der Waals surface area contributed by atoms with E-state index >= 15 is 0 Å². The van der Waals surface area contributed by atoms with Crippen LogP contribution in [0.5, 0.6) is 0 Å². The van der Waals surface area contributed by atoms with E-state index in [-0.39, 0.29) is 6.09 Å². The summed E-state index contributed by atoms with van der Waals surface area (Å²) in [5.74, 6) is 0. The molecule has 1 N–H and O–H groups in total. The number of fused-ring (bicyclic) bond motifs is 1. The predicted octanol–water partition coefficient (Wildman–Crippen LogP) is 5.38. The normalized spacial score (nSPS) is 16.0. The van der Waals surface area contributed by atoms with Crippen LogP contribution in [0.25, 0.3) is 10.9 Å². The SMILES string of the molecule is O=C(OCc1ccccc1)[N+]1(Cc2c[nH]c3ccc(Br)cc23)CCCC1. The van der Waals surface area contributed by atoms with Crippen LogP contribution < -0.4 is 0 Å². The van der Waals surface area contributed by atoms with Gasteiger partial charge in [-0.2, -0.15) is 4.79 Å². The second-order valence-corrected chi connectivity index (χ2v) is 7.92. The van der Waals surface area contributed by atoms with Gasteiger partial charge in [-0.05, 0) is 23.8 Å². The van der Waals surface area contributed by atoms with E-state index in [4.69, 9.17) is 4.74 Å². The number of carbonyl (C=O) groups excluding carboxylic acids is 1. The molecule has 0 aliphatic carbocycles. The Morgan fingerprint density at radius 2 is 1.88 bits per heavy atom. The fraction of sp³-hybridized carbons (Fsp3) is 0.286. The molecule has 0 atom stereocenters. The molecule has 2 aromatic carbocycles. The smallest absolute Gasteiger partial charge is 0.415 e. The zero-order valence-electron chi connectivity index (χ0n) is 14.6. The molecular formula is C21H22BrN2O2+. The number of ether oxygens (including phenoxy) is 1. The maximum Gasteiger partial charge on any atom is 0.516 e. The van der Waals surface area contributed by atoms with E-state index in [1.54, 1.807) is 0 Å². The summed E-state index contributed by atoms with van der Waals surface area (Å²) in [6.45, 7) is 2.69. The highest BCUT2D eigenvalue weighted by Gasteiger charge is 2.42. The fourth-order valence-corrected chi connectivity index (χ4v) is 4.17. The monoisotopic (exact) mass is 413 g/mol. The van der Waals surface area contributed by atoms with E-state index in [9.17, 15) is 4.79 Å². The summed E-state index contributed by atoms with van der Waals surface area (Å²) in [5.41, 5.74) is 3.28. The molecule has 26 heavy (non-hydrogen) atoms. The lowest BCUT2D eigenvalue weighted by atomic mass is 10.1. The lowest BCUT2D eigenvalue weighted by Crippen LogP contribution is -2.49. The molecule has 3 aromatic rings. The van der Waals surface area contributed by atoms with Crippen LogP contribution in [-0.4, -0.2) is 28.6 Å². The maximum absolute atomic E-state index is 13.0. The Kier molecular flexibility index (Phi) is 4.83. The highest BCUT2D eigenvalue weighted by atomic mass is 79.9. The van der Waals surface area contributed by atoms with Crippen molar-refractivity contribution < 1.29 is 14.0 Å². The number of carbonyl (C=O) groups is 1. The van der Waals surface area contributed by atoms with Gasteiger partial charge in [-0.25, -0.2) is 4.48 Å². The Balaban J connectivity index is 1.56. The van der Waals surface area contributed by atoms with Gasteiger partial charge in [-0.15, -0.1) is 0 Å². The summed E-state index contributed by atoms with van der Waals surface area (Å²) < 4.78 is 7.14. The quantitative estimate of drug-likeness (QED) is 0.583. The van der Waals surface area contributed by atoms with E-state index < -0.39 is 0 Å². The highest BCUT2D eigenvalue weighted by Crippen LogP contribution is 2.30. The molecule has 1 amide bonds. The van der Waals surface area contributed by atoms with E-state index in [0.29, 0.717) is 17.6 Å². The lowest BCUT2D eigenvalue weighted by Gasteiger charge is -2.29. The van der Waals surface area contributed by atoms with Crippen LogP contribution in [0.1, 0.15) is 24.0 Å². The summed E-state index contributed by atoms with van der Waals surface area (Å²) >= 11 is 3.55. The van der Waals surface area contributed by atoms with Gasteiger partial charge in [-0.1, -0.05) is 46.3 Å². The van der Waals surface area contributed by atoms with Gasteiger partial charge < -0.3 is 9.72 Å². The molecule has 0 bridgehead atoms. The number of halogens is 1. The summed E-state index contributed by atoms with van der Waals surface area (Å²) in [6.07, 6.45) is 4.04. The van der Waals surface area contributed by atoms with Gasteiger partial charge in [-0.3, -0.25) is 0 Å². The van der Waals surface area contributed by atoms with Gasteiger partial charge in [0, 0.05) is 40.0 Å². The molecule has 0 spiro atoms. The number of aromatic amines is 1. The Bertz CT molecular complexity index is 914. The van der Waals surface area contributed by atoms with Gasteiger partial charge in [0.15, 0.2) is 0 Å². The first kappa shape index (κ1) is 17.3. The van der Waals surface area contributed by atoms with Crippen molar-refractivity contribution in [1.82, 2.24) is 4.98 Å². The van der Waals surface area contributed by atoms with E-state index in [1.807, 2.05) is 42.6 Å². The van der Waals surface area contributed by atoms with Crippen molar-refractivity contribution in [2.75, 3.05) is 13.1 Å². The molecule has 5 heteroatoms. The minimum Gasteiger partial charge on any atom is -0.415 e. The van der Waals surface area contributed by atoms with Gasteiger partial charge >= 0.3 is 6.09 Å². The van der Waals surface area contributed by atoms with Crippen molar-refractivity contribution in [3.05, 3.63) is 70.3 Å². The number of benzene rings is 2. The van der Waals surface area contributed by atoms with Crippen molar-refractivity contribution >= 4 is 32.9 Å². The van der Waals surface area contributed by atoms with E-state index in [1.165, 1.54) is 10.9 Å². The fourth-order valence-electron chi connectivity index (χ4n) is 3.81. The zero-order valence-corrected chi connectivity index (χ0v) is 16.2. The van der Waals surface area contributed by atoms with Crippen molar-refractivity contribution in [3.63, 3.8) is 0 Å². The van der Waals surface area contributed by atoms with E-state index in [2.05, 4.69) is 33.0 Å². The number of nitrogens with zero attached hydrogens (tertiary/aromatic N) is 1. The number of aromatic nitrogens is 1. The Labute approximate surface area is 161 Å². The number of amides is 1. The minimum atomic E-state index is -0.115. The van der Waals surface area contributed by atoms with Crippen LogP contribution in [0, 0.1) is 0 Å². The first-order valence-electron chi connectivity index (χ1n) is 8.99. The summed E-state index contributed by atoms with van der Waals surface area (Å²) in [5, 5.41) is 1.17. The zero-order chi connectivity index (χ0) is 18.0. The largest absolute Gasteiger partial charge is 0.516 e. The molecule has 1 aromatic heterocycles. The Morgan fingerprint density at radius 3 is 2.65 bits per heavy atom. The maximum atomic E-state index is 13.0. The first-order chi connectivity index (χ1) is 12.7. The molecule has 1 fully saturated rings. The van der Waals surface area contributed by atoms with Gasteiger partial charge in [0.1, 0.15) is 13.2 Å². The second-order valence-electron chi connectivity index (χ2n) is 7.00. The van der Waals surface area contributed by atoms with Crippen LogP contribution in [0.4, 0.5) is 4.79 Å². The Morgan fingerprint density at radius 1 is 1.12 bits per heavy atom. The van der Waals surface area contributed by atoms with Crippen LogP contribution in [-0.2, 0) is 17.9 Å². The molecule has 0 radical (unpaired) electrons. The lowest BCUT2D eigenvalue weighted by molar-refractivity contribution is -0.859. The topological polar surface area (TPSA) is 42.1 Å². The van der Waals surface area contributed by atoms with Gasteiger partial charge in [0.25, 0.3) is 0 Å². The van der Waals surface area contributed by atoms with Crippen LogP contribution in [0.15, 0.2) is 59.2 Å². The molecular weight excluding hydrogens is 392 g/mol. The third-order valence-corrected chi connectivity index (χ3v) is 5.71. The van der Waals surface area contributed by atoms with Crippen molar-refractivity contribution in [1.29, 1.82) is 0 Å². The number of nitrogens with one attached hydrogen (secondary N) is 1. The standard InChI is InChI=1S/C21H22BrN2O2/c22-18-8-9-20-19(12-18)17(13-23-20)14-24(10-4-5-11-24)21(25)26-15-16-6-2-1-3-7-16/h1-3,6-9,12-13,23H,4-5,10-11,14-15H2/q+1. The third kappa shape index (κ3) is 3.41. The second kappa shape index (κ2) is 7.25. The molecule has 1 aliphatic rings. The summed E-state index contributed by atoms with van der Waals surface area (Å²) in [6, 6.07) is 16.1. The highest BCUT2D eigenvalue weighted by molar-refractivity contribution is 9.10. The first-order valence-corrected chi connectivity index (χ1v) is 9.78. The molecule has 134 valence electrons. The average Bonchev–Trinajstić information content (AvgIpc) is 3.29. The average molecular weight is 414 g/mol. The molecule has 2 heterocycles. The summed E-state index contributed by atoms with van der Waals surface area (Å²) in [7, 11) is 0. The number of likely N-dealkylation sites (tertiary alicyclic amines) is 1. The Hall–Kier alpha value is -2.11. The molecule has 1 saturated heterocycles. The number of quaternary nitrogens is 1. The summed E-state index contributed by atoms with van der Waals surface area (Å²) in [4.78, 5) is 16.3. The predicted molar refractivity (Wildman–Crippen MR) is 106 cm³/mol.